The van der Waals surface area contributed by atoms with Crippen molar-refractivity contribution in [3.8, 4) is 11.5 Å². The largest absolute Gasteiger partial charge is 0.494 e. The molecule has 0 radical (unpaired) electrons. The molecule has 15 heteroatoms. The molecule has 0 saturated carbocycles. The maximum absolute atomic E-state index is 11.5. The monoisotopic (exact) mass is 875 g/mol. The van der Waals surface area contributed by atoms with Crippen LogP contribution in [0.3, 0.4) is 0 Å². The summed E-state index contributed by atoms with van der Waals surface area (Å²) < 4.78 is 43.3. The van der Waals surface area contributed by atoms with Gasteiger partial charge >= 0.3 is 0 Å². The highest BCUT2D eigenvalue weighted by atomic mass is 32.2. The molecular formula is C47H65N5O9S. The summed E-state index contributed by atoms with van der Waals surface area (Å²) in [6.45, 7) is 7.57. The van der Waals surface area contributed by atoms with Gasteiger partial charge in [-0.3, -0.25) is 10.0 Å². The quantitative estimate of drug-likeness (QED) is 0.0369. The summed E-state index contributed by atoms with van der Waals surface area (Å²) in [7, 11) is -3.41. The SMILES string of the molecule is CC(C)(c1ccc(OCCCCCCCCOCCCCNc2ccc3c(c2)C(O)N(C2CCC(O)NC2O)C3O)cc1)c1ccc(OCc2cccc(NS(C)(=O)=O)n2)cc1. The second-order valence-corrected chi connectivity index (χ2v) is 18.6. The van der Waals surface area contributed by atoms with E-state index >= 15 is 0 Å². The minimum atomic E-state index is -3.41. The average molecular weight is 876 g/mol. The Bertz CT molecular complexity index is 2110. The standard InChI is InChI=1S/C47H65N5O9S/c1-47(2,34-17-22-38(23-18-34)61-32-36-13-12-14-42(49-36)51-62(3,57)58)33-15-20-37(21-16-33)60-30-10-7-5-4-6-9-28-59-29-11-8-27-48-35-19-24-39-40(31-35)46(56)52(45(39)55)41-25-26-43(53)50-44(41)54/h12-24,31,41,43-46,48,50,53-56H,4-11,25-30,32H2,1-3H3,(H,49,51). The maximum Gasteiger partial charge on any atom is 0.230 e. The Morgan fingerprint density at radius 1 is 0.742 bits per heavy atom. The number of nitrogens with one attached hydrogen (secondary N) is 3. The van der Waals surface area contributed by atoms with Gasteiger partial charge in [0.05, 0.1) is 24.6 Å². The van der Waals surface area contributed by atoms with Crippen molar-refractivity contribution in [2.24, 2.45) is 0 Å². The van der Waals surface area contributed by atoms with Gasteiger partial charge in [-0.15, -0.1) is 0 Å². The first-order chi connectivity index (χ1) is 29.8. The molecule has 338 valence electrons. The first kappa shape index (κ1) is 47.2. The lowest BCUT2D eigenvalue weighted by Gasteiger charge is -2.40. The summed E-state index contributed by atoms with van der Waals surface area (Å²) in [4.78, 5) is 5.81. The van der Waals surface area contributed by atoms with E-state index < -0.39 is 41.0 Å². The predicted octanol–water partition coefficient (Wildman–Crippen LogP) is 6.67. The highest BCUT2D eigenvalue weighted by molar-refractivity contribution is 7.92. The Morgan fingerprint density at radius 3 is 2.02 bits per heavy atom. The predicted molar refractivity (Wildman–Crippen MR) is 240 cm³/mol. The number of aliphatic hydroxyl groups is 4. The second kappa shape index (κ2) is 22.3. The van der Waals surface area contributed by atoms with Gasteiger partial charge in [0.15, 0.2) is 0 Å². The highest BCUT2D eigenvalue weighted by Gasteiger charge is 2.44. The topological polar surface area (TPSA) is 195 Å². The second-order valence-electron chi connectivity index (χ2n) is 16.9. The number of unbranched alkanes of at least 4 members (excludes halogenated alkanes) is 6. The van der Waals surface area contributed by atoms with Crippen molar-refractivity contribution in [1.82, 2.24) is 15.2 Å². The molecule has 5 unspecified atom stereocenters. The molecule has 14 nitrogen and oxygen atoms in total. The van der Waals surface area contributed by atoms with Crippen LogP contribution in [0.15, 0.2) is 84.9 Å². The minimum absolute atomic E-state index is 0.214. The maximum atomic E-state index is 11.5. The van der Waals surface area contributed by atoms with Crippen molar-refractivity contribution in [2.75, 3.05) is 42.7 Å². The van der Waals surface area contributed by atoms with E-state index in [9.17, 15) is 28.8 Å². The summed E-state index contributed by atoms with van der Waals surface area (Å²) in [6.07, 6.45) is 6.68. The van der Waals surface area contributed by atoms with Gasteiger partial charge in [-0.1, -0.05) is 75.9 Å². The lowest BCUT2D eigenvalue weighted by molar-refractivity contribution is -0.159. The zero-order valence-electron chi connectivity index (χ0n) is 36.2. The number of hydrogen-bond donors (Lipinski definition) is 7. The lowest BCUT2D eigenvalue weighted by Crippen LogP contribution is -2.57. The summed E-state index contributed by atoms with van der Waals surface area (Å²) in [5.41, 5.74) is 4.84. The molecule has 3 heterocycles. The first-order valence-corrected chi connectivity index (χ1v) is 23.8. The molecule has 5 atom stereocenters. The van der Waals surface area contributed by atoms with Crippen molar-refractivity contribution >= 4 is 21.5 Å². The molecule has 3 aromatic carbocycles. The molecule has 7 N–H and O–H groups in total. The minimum Gasteiger partial charge on any atom is -0.494 e. The first-order valence-electron chi connectivity index (χ1n) is 21.9. The summed E-state index contributed by atoms with van der Waals surface area (Å²) in [5, 5.41) is 48.2. The molecule has 4 aromatic rings. The number of rotatable bonds is 24. The van der Waals surface area contributed by atoms with Crippen LogP contribution < -0.4 is 24.8 Å². The van der Waals surface area contributed by atoms with Crippen molar-refractivity contribution in [3.05, 3.63) is 113 Å². The number of ether oxygens (including phenoxy) is 3. The van der Waals surface area contributed by atoms with Crippen molar-refractivity contribution < 1.29 is 43.1 Å². The highest BCUT2D eigenvalue weighted by Crippen LogP contribution is 2.43. The number of fused-ring (bicyclic) bond motifs is 1. The summed E-state index contributed by atoms with van der Waals surface area (Å²) in [5.74, 6) is 1.84. The van der Waals surface area contributed by atoms with Crippen LogP contribution >= 0.6 is 0 Å². The van der Waals surface area contributed by atoms with E-state index in [2.05, 4.69) is 58.5 Å². The van der Waals surface area contributed by atoms with Crippen LogP contribution in [0.5, 0.6) is 11.5 Å². The molecule has 1 saturated heterocycles. The molecule has 1 aromatic heterocycles. The van der Waals surface area contributed by atoms with Gasteiger partial charge in [0, 0.05) is 42.0 Å². The van der Waals surface area contributed by atoms with E-state index in [0.29, 0.717) is 42.0 Å². The molecule has 0 spiro atoms. The van der Waals surface area contributed by atoms with Gasteiger partial charge in [-0.25, -0.2) is 18.3 Å². The van der Waals surface area contributed by atoms with Gasteiger partial charge in [0.2, 0.25) is 10.0 Å². The van der Waals surface area contributed by atoms with Crippen LogP contribution in [-0.4, -0.2) is 89.8 Å². The third-order valence-corrected chi connectivity index (χ3v) is 12.3. The van der Waals surface area contributed by atoms with Crippen LogP contribution in [0.25, 0.3) is 0 Å². The third-order valence-electron chi connectivity index (χ3n) is 11.7. The normalized spacial score (nSPS) is 20.5. The number of hydrogen-bond acceptors (Lipinski definition) is 13. The van der Waals surface area contributed by atoms with Crippen molar-refractivity contribution in [3.63, 3.8) is 0 Å². The summed E-state index contributed by atoms with van der Waals surface area (Å²) in [6, 6.07) is 26.5. The van der Waals surface area contributed by atoms with Gasteiger partial charge in [0.1, 0.15) is 48.8 Å². The molecule has 0 aliphatic carbocycles. The Labute approximate surface area is 366 Å². The molecule has 0 amide bonds. The van der Waals surface area contributed by atoms with E-state index in [1.54, 1.807) is 18.2 Å². The summed E-state index contributed by atoms with van der Waals surface area (Å²) >= 11 is 0. The zero-order valence-corrected chi connectivity index (χ0v) is 37.0. The number of benzene rings is 3. The third kappa shape index (κ3) is 13.3. The molecule has 6 rings (SSSR count). The van der Waals surface area contributed by atoms with Gasteiger partial charge < -0.3 is 40.0 Å². The van der Waals surface area contributed by atoms with Crippen molar-refractivity contribution in [2.45, 2.75) is 121 Å². The Hall–Kier alpha value is -4.32. The Kier molecular flexibility index (Phi) is 17.0. The lowest BCUT2D eigenvalue weighted by atomic mass is 9.78. The van der Waals surface area contributed by atoms with Gasteiger partial charge in [0.25, 0.3) is 0 Å². The number of nitrogens with zero attached hydrogens (tertiary/aromatic N) is 2. The van der Waals surface area contributed by atoms with Crippen molar-refractivity contribution in [1.29, 1.82) is 0 Å². The van der Waals surface area contributed by atoms with Crippen LogP contribution in [0, 0.1) is 0 Å². The van der Waals surface area contributed by atoms with Gasteiger partial charge in [-0.2, -0.15) is 0 Å². The molecule has 0 bridgehead atoms. The molecule has 2 aliphatic rings. The molecule has 2 aliphatic heterocycles. The fourth-order valence-corrected chi connectivity index (χ4v) is 8.58. The van der Waals surface area contributed by atoms with E-state index in [1.165, 1.54) is 23.3 Å². The van der Waals surface area contributed by atoms with Crippen LogP contribution in [0.2, 0.25) is 0 Å². The number of aliphatic hydroxyl groups excluding tert-OH is 4. The molecule has 62 heavy (non-hydrogen) atoms. The fraction of sp³-hybridized carbons (Fsp3) is 0.511. The van der Waals surface area contributed by atoms with Crippen LogP contribution in [0.4, 0.5) is 11.5 Å². The van der Waals surface area contributed by atoms with E-state index in [-0.39, 0.29) is 17.8 Å². The van der Waals surface area contributed by atoms with E-state index in [0.717, 1.165) is 81.5 Å². The Balaban J connectivity index is 0.773. The number of piperidine rings is 1. The average Bonchev–Trinajstić information content (AvgIpc) is 3.49. The van der Waals surface area contributed by atoms with Gasteiger partial charge in [-0.05, 0) is 98.2 Å². The van der Waals surface area contributed by atoms with E-state index in [1.807, 2.05) is 42.5 Å². The molecular weight excluding hydrogens is 811 g/mol. The fourth-order valence-electron chi connectivity index (χ4n) is 8.08. The number of sulfonamides is 1. The zero-order chi connectivity index (χ0) is 44.1. The molecule has 1 fully saturated rings. The Morgan fingerprint density at radius 2 is 1.35 bits per heavy atom. The van der Waals surface area contributed by atoms with Crippen LogP contribution in [0.1, 0.15) is 118 Å². The van der Waals surface area contributed by atoms with Crippen LogP contribution in [-0.2, 0) is 26.8 Å². The van der Waals surface area contributed by atoms with E-state index in [4.69, 9.17) is 14.2 Å². The smallest absolute Gasteiger partial charge is 0.230 e. The number of aromatic nitrogens is 1. The number of pyridine rings is 1. The number of anilines is 2.